The van der Waals surface area contributed by atoms with E-state index in [1.165, 1.54) is 0 Å². The molecule has 2 aromatic rings. The maximum Gasteiger partial charge on any atom is 0.326 e. The number of benzene rings is 2. The lowest BCUT2D eigenvalue weighted by Gasteiger charge is -2.40. The molecule has 2 aliphatic rings. The Morgan fingerprint density at radius 3 is 2.55 bits per heavy atom. The number of anilines is 1. The van der Waals surface area contributed by atoms with Crippen molar-refractivity contribution < 1.29 is 19.5 Å². The van der Waals surface area contributed by atoms with Gasteiger partial charge >= 0.3 is 18.0 Å². The molecule has 1 fully saturated rings. The minimum Gasteiger partial charge on any atom is -0.480 e. The number of para-hydroxylation sites is 1. The fourth-order valence-electron chi connectivity index (χ4n) is 4.50. The molecule has 1 unspecified atom stereocenters. The van der Waals surface area contributed by atoms with E-state index in [0.717, 1.165) is 27.9 Å². The van der Waals surface area contributed by atoms with Gasteiger partial charge in [-0.1, -0.05) is 36.4 Å². The lowest BCUT2D eigenvalue weighted by molar-refractivity contribution is -0.139. The van der Waals surface area contributed by atoms with Crippen molar-refractivity contribution in [2.24, 2.45) is 0 Å². The molecule has 2 heterocycles. The zero-order chi connectivity index (χ0) is 23.5. The summed E-state index contributed by atoms with van der Waals surface area (Å²) in [5.74, 6) is -1.06. The predicted octanol–water partition coefficient (Wildman–Crippen LogP) is 3.52. The minimum atomic E-state index is -1.06. The predicted molar refractivity (Wildman–Crippen MR) is 125 cm³/mol. The molecule has 8 heteroatoms. The van der Waals surface area contributed by atoms with Gasteiger partial charge in [-0.15, -0.1) is 0 Å². The highest BCUT2D eigenvalue weighted by Crippen LogP contribution is 2.27. The van der Waals surface area contributed by atoms with Gasteiger partial charge in [0.05, 0.1) is 0 Å². The van der Waals surface area contributed by atoms with E-state index in [-0.39, 0.29) is 24.5 Å². The Morgan fingerprint density at radius 1 is 1.12 bits per heavy atom. The Balaban J connectivity index is 1.33. The molecular weight excluding hydrogens is 420 g/mol. The Hall–Kier alpha value is -3.55. The maximum atomic E-state index is 12.8. The van der Waals surface area contributed by atoms with Gasteiger partial charge in [-0.3, -0.25) is 0 Å². The number of carboxylic acids is 1. The Kier molecular flexibility index (Phi) is 6.53. The zero-order valence-corrected chi connectivity index (χ0v) is 19.0. The average molecular weight is 451 g/mol. The lowest BCUT2D eigenvalue weighted by Crippen LogP contribution is -2.54. The highest BCUT2D eigenvalue weighted by atomic mass is 16.4. The number of aryl methyl sites for hydroxylation is 2. The number of aliphatic carboxylic acids is 1. The number of nitrogens with zero attached hydrogens (tertiary/aromatic N) is 2. The van der Waals surface area contributed by atoms with E-state index in [9.17, 15) is 19.5 Å². The second-order valence-electron chi connectivity index (χ2n) is 8.90. The Morgan fingerprint density at radius 2 is 1.85 bits per heavy atom. The molecule has 33 heavy (non-hydrogen) atoms. The first-order chi connectivity index (χ1) is 15.8. The largest absolute Gasteiger partial charge is 0.480 e. The molecule has 0 bridgehead atoms. The van der Waals surface area contributed by atoms with E-state index in [4.69, 9.17) is 0 Å². The highest BCUT2D eigenvalue weighted by Gasteiger charge is 2.33. The molecule has 0 radical (unpaired) electrons. The van der Waals surface area contributed by atoms with Crippen molar-refractivity contribution in [1.29, 1.82) is 0 Å². The molecule has 2 aliphatic heterocycles. The molecule has 8 nitrogen and oxygen atoms in total. The third-order valence-corrected chi connectivity index (χ3v) is 6.66. The number of likely N-dealkylation sites (tertiary alicyclic amines) is 1. The summed E-state index contributed by atoms with van der Waals surface area (Å²) in [6.45, 7) is 5.48. The SMILES string of the molecule is Cc1ccc(CC(NC(=O)N2CCC(N3Cc4ccccc4NC3=O)CC2)C(=O)O)cc1C. The second-order valence-corrected chi connectivity index (χ2v) is 8.90. The molecule has 4 amide bonds. The number of carbonyl (C=O) groups is 3. The molecule has 0 aliphatic carbocycles. The normalized spacial score (nSPS) is 17.2. The number of rotatable bonds is 5. The van der Waals surface area contributed by atoms with Crippen LogP contribution in [0.5, 0.6) is 0 Å². The maximum absolute atomic E-state index is 12.8. The number of urea groups is 2. The third kappa shape index (κ3) is 5.10. The fraction of sp³-hybridized carbons (Fsp3) is 0.400. The van der Waals surface area contributed by atoms with Crippen LogP contribution < -0.4 is 10.6 Å². The van der Waals surface area contributed by atoms with Crippen molar-refractivity contribution in [2.75, 3.05) is 18.4 Å². The number of piperidine rings is 1. The number of hydrogen-bond acceptors (Lipinski definition) is 3. The highest BCUT2D eigenvalue weighted by molar-refractivity contribution is 5.92. The van der Waals surface area contributed by atoms with Crippen molar-refractivity contribution in [1.82, 2.24) is 15.1 Å². The van der Waals surface area contributed by atoms with Gasteiger partial charge in [-0.2, -0.15) is 0 Å². The Bertz CT molecular complexity index is 1060. The van der Waals surface area contributed by atoms with E-state index >= 15 is 0 Å². The van der Waals surface area contributed by atoms with Crippen LogP contribution in [0.3, 0.4) is 0 Å². The summed E-state index contributed by atoms with van der Waals surface area (Å²) >= 11 is 0. The van der Waals surface area contributed by atoms with Gasteiger partial charge in [0.15, 0.2) is 0 Å². The van der Waals surface area contributed by atoms with Crippen LogP contribution in [0.25, 0.3) is 0 Å². The van der Waals surface area contributed by atoms with E-state index in [2.05, 4.69) is 10.6 Å². The van der Waals surface area contributed by atoms with E-state index in [0.29, 0.717) is 32.5 Å². The van der Waals surface area contributed by atoms with Crippen LogP contribution in [0.4, 0.5) is 15.3 Å². The molecular formula is C25H30N4O4. The van der Waals surface area contributed by atoms with Crippen molar-refractivity contribution in [3.8, 4) is 0 Å². The number of carbonyl (C=O) groups excluding carboxylic acids is 2. The third-order valence-electron chi connectivity index (χ3n) is 6.66. The first kappa shape index (κ1) is 22.6. The lowest BCUT2D eigenvalue weighted by atomic mass is 10.0. The van der Waals surface area contributed by atoms with Gasteiger partial charge in [0.25, 0.3) is 0 Å². The standard InChI is InChI=1S/C25H30N4O4/c1-16-7-8-18(13-17(16)2)14-22(23(30)31)27-24(32)28-11-9-20(10-12-28)29-15-19-5-3-4-6-21(19)26-25(29)33/h3-8,13,20,22H,9-12,14-15H2,1-2H3,(H,26,33)(H,27,32)(H,30,31). The number of hydrogen-bond donors (Lipinski definition) is 3. The van der Waals surface area contributed by atoms with Gasteiger partial charge < -0.3 is 25.5 Å². The van der Waals surface area contributed by atoms with Crippen molar-refractivity contribution >= 4 is 23.7 Å². The summed E-state index contributed by atoms with van der Waals surface area (Å²) in [5.41, 5.74) is 5.03. The van der Waals surface area contributed by atoms with E-state index < -0.39 is 12.0 Å². The van der Waals surface area contributed by atoms with Crippen molar-refractivity contribution in [3.05, 3.63) is 64.7 Å². The second kappa shape index (κ2) is 9.52. The van der Waals surface area contributed by atoms with E-state index in [1.54, 1.807) is 4.90 Å². The van der Waals surface area contributed by atoms with Crippen LogP contribution in [-0.4, -0.2) is 58.1 Å². The first-order valence-electron chi connectivity index (χ1n) is 11.3. The van der Waals surface area contributed by atoms with Gasteiger partial charge in [0, 0.05) is 37.8 Å². The summed E-state index contributed by atoms with van der Waals surface area (Å²) in [4.78, 5) is 40.6. The molecule has 0 aromatic heterocycles. The van der Waals surface area contributed by atoms with E-state index in [1.807, 2.05) is 61.2 Å². The van der Waals surface area contributed by atoms with Crippen LogP contribution in [0.2, 0.25) is 0 Å². The van der Waals surface area contributed by atoms with Crippen molar-refractivity contribution in [2.45, 2.75) is 51.7 Å². The summed E-state index contributed by atoms with van der Waals surface area (Å²) < 4.78 is 0. The summed E-state index contributed by atoms with van der Waals surface area (Å²) in [5, 5.41) is 15.3. The van der Waals surface area contributed by atoms with Crippen LogP contribution in [0.1, 0.15) is 35.1 Å². The first-order valence-corrected chi connectivity index (χ1v) is 11.3. The van der Waals surface area contributed by atoms with Crippen LogP contribution >= 0.6 is 0 Å². The minimum absolute atomic E-state index is 0.0354. The molecule has 4 rings (SSSR count). The van der Waals surface area contributed by atoms with Crippen molar-refractivity contribution in [3.63, 3.8) is 0 Å². The number of fused-ring (bicyclic) bond motifs is 1. The summed E-state index contributed by atoms with van der Waals surface area (Å²) in [7, 11) is 0. The number of amides is 4. The van der Waals surface area contributed by atoms with Gasteiger partial charge in [0.1, 0.15) is 6.04 Å². The fourth-order valence-corrected chi connectivity index (χ4v) is 4.50. The Labute approximate surface area is 193 Å². The monoisotopic (exact) mass is 450 g/mol. The average Bonchev–Trinajstić information content (AvgIpc) is 2.80. The molecule has 2 aromatic carbocycles. The summed E-state index contributed by atoms with van der Waals surface area (Å²) in [6.07, 6.45) is 1.53. The van der Waals surface area contributed by atoms with Gasteiger partial charge in [-0.25, -0.2) is 14.4 Å². The quantitative estimate of drug-likeness (QED) is 0.649. The van der Waals surface area contributed by atoms with Gasteiger partial charge in [0.2, 0.25) is 0 Å². The molecule has 3 N–H and O–H groups in total. The molecule has 1 atom stereocenters. The zero-order valence-electron chi connectivity index (χ0n) is 19.0. The molecule has 0 saturated carbocycles. The molecule has 0 spiro atoms. The molecule has 174 valence electrons. The van der Waals surface area contributed by atoms with Crippen LogP contribution in [0, 0.1) is 13.8 Å². The number of nitrogens with one attached hydrogen (secondary N) is 2. The van der Waals surface area contributed by atoms with Gasteiger partial charge in [-0.05, 0) is 55.0 Å². The van der Waals surface area contributed by atoms with Crippen LogP contribution in [-0.2, 0) is 17.8 Å². The smallest absolute Gasteiger partial charge is 0.326 e. The molecule has 1 saturated heterocycles. The number of carboxylic acid groups (broad SMARTS) is 1. The summed E-state index contributed by atoms with van der Waals surface area (Å²) in [6, 6.07) is 12.1. The van der Waals surface area contributed by atoms with Crippen LogP contribution in [0.15, 0.2) is 42.5 Å². The topological polar surface area (TPSA) is 102 Å².